The number of rotatable bonds is 3. The standard InChI is InChI=1S/C12H12FN3/c1-2-5-15-12-9(13)7-10(14)8-4-3-6-16-11(8)12/h2-4,6-7,15H,1,5,14H2. The maximum Gasteiger partial charge on any atom is 0.150 e. The Balaban J connectivity index is 2.66. The first kappa shape index (κ1) is 10.4. The second kappa shape index (κ2) is 4.18. The smallest absolute Gasteiger partial charge is 0.150 e. The number of anilines is 2. The Hall–Kier alpha value is -2.10. The lowest BCUT2D eigenvalue weighted by atomic mass is 10.1. The molecule has 2 aromatic rings. The van der Waals surface area contributed by atoms with Gasteiger partial charge in [-0.3, -0.25) is 4.98 Å². The quantitative estimate of drug-likeness (QED) is 0.613. The molecule has 0 aliphatic carbocycles. The zero-order valence-corrected chi connectivity index (χ0v) is 8.70. The summed E-state index contributed by atoms with van der Waals surface area (Å²) in [5.41, 5.74) is 7.03. The third-order valence-corrected chi connectivity index (χ3v) is 2.30. The average molecular weight is 217 g/mol. The molecule has 0 aliphatic rings. The van der Waals surface area contributed by atoms with Gasteiger partial charge in [-0.05, 0) is 18.2 Å². The molecule has 3 N–H and O–H groups in total. The molecule has 0 atom stereocenters. The van der Waals surface area contributed by atoms with Crippen LogP contribution in [0.5, 0.6) is 0 Å². The van der Waals surface area contributed by atoms with Crippen LogP contribution in [0.25, 0.3) is 10.9 Å². The molecular formula is C12H12FN3. The number of nitrogens with one attached hydrogen (secondary N) is 1. The molecule has 82 valence electrons. The minimum absolute atomic E-state index is 0.365. The molecule has 0 saturated heterocycles. The van der Waals surface area contributed by atoms with E-state index in [1.165, 1.54) is 6.07 Å². The molecule has 0 aliphatic heterocycles. The Morgan fingerprint density at radius 2 is 2.38 bits per heavy atom. The van der Waals surface area contributed by atoms with Crippen molar-refractivity contribution in [3.8, 4) is 0 Å². The van der Waals surface area contributed by atoms with Gasteiger partial charge >= 0.3 is 0 Å². The molecule has 0 unspecified atom stereocenters. The van der Waals surface area contributed by atoms with Crippen molar-refractivity contribution in [1.82, 2.24) is 4.98 Å². The van der Waals surface area contributed by atoms with Crippen molar-refractivity contribution in [2.24, 2.45) is 0 Å². The first-order valence-electron chi connectivity index (χ1n) is 4.91. The van der Waals surface area contributed by atoms with Crippen LogP contribution in [0.3, 0.4) is 0 Å². The van der Waals surface area contributed by atoms with E-state index in [4.69, 9.17) is 5.73 Å². The Morgan fingerprint density at radius 1 is 1.56 bits per heavy atom. The van der Waals surface area contributed by atoms with Crippen LogP contribution >= 0.6 is 0 Å². The van der Waals surface area contributed by atoms with Gasteiger partial charge in [0.2, 0.25) is 0 Å². The van der Waals surface area contributed by atoms with Gasteiger partial charge in [0.05, 0.1) is 11.2 Å². The minimum Gasteiger partial charge on any atom is -0.398 e. The van der Waals surface area contributed by atoms with E-state index in [1.807, 2.05) is 6.07 Å². The number of hydrogen-bond donors (Lipinski definition) is 2. The van der Waals surface area contributed by atoms with Crippen LogP contribution in [-0.4, -0.2) is 11.5 Å². The van der Waals surface area contributed by atoms with Gasteiger partial charge in [0.1, 0.15) is 0 Å². The molecular weight excluding hydrogens is 205 g/mol. The highest BCUT2D eigenvalue weighted by Crippen LogP contribution is 2.29. The van der Waals surface area contributed by atoms with E-state index < -0.39 is 5.82 Å². The van der Waals surface area contributed by atoms with Crippen molar-refractivity contribution in [3.63, 3.8) is 0 Å². The number of nitrogens with two attached hydrogens (primary N) is 1. The number of nitrogens with zero attached hydrogens (tertiary/aromatic N) is 1. The summed E-state index contributed by atoms with van der Waals surface area (Å²) in [6.07, 6.45) is 3.27. The molecule has 0 radical (unpaired) electrons. The van der Waals surface area contributed by atoms with Crippen molar-refractivity contribution in [1.29, 1.82) is 0 Å². The third kappa shape index (κ3) is 1.69. The normalized spacial score (nSPS) is 10.3. The molecule has 16 heavy (non-hydrogen) atoms. The van der Waals surface area contributed by atoms with Gasteiger partial charge in [0.15, 0.2) is 5.82 Å². The van der Waals surface area contributed by atoms with Crippen molar-refractivity contribution in [2.45, 2.75) is 0 Å². The molecule has 0 fully saturated rings. The summed E-state index contributed by atoms with van der Waals surface area (Å²) in [5.74, 6) is -0.398. The lowest BCUT2D eigenvalue weighted by Gasteiger charge is -2.10. The van der Waals surface area contributed by atoms with E-state index in [0.29, 0.717) is 23.4 Å². The second-order valence-corrected chi connectivity index (χ2v) is 3.39. The molecule has 0 saturated carbocycles. The molecule has 4 heteroatoms. The topological polar surface area (TPSA) is 50.9 Å². The maximum absolute atomic E-state index is 13.7. The summed E-state index contributed by atoms with van der Waals surface area (Å²) < 4.78 is 13.7. The minimum atomic E-state index is -0.398. The number of benzene rings is 1. The lowest BCUT2D eigenvalue weighted by molar-refractivity contribution is 0.633. The fourth-order valence-corrected chi connectivity index (χ4v) is 1.58. The number of nitrogen functional groups attached to an aromatic ring is 1. The summed E-state index contributed by atoms with van der Waals surface area (Å²) in [7, 11) is 0. The average Bonchev–Trinajstić information content (AvgIpc) is 2.29. The van der Waals surface area contributed by atoms with E-state index in [2.05, 4.69) is 16.9 Å². The molecule has 1 heterocycles. The Kier molecular flexibility index (Phi) is 2.72. The SMILES string of the molecule is C=CCNc1c(F)cc(N)c2cccnc12. The van der Waals surface area contributed by atoms with E-state index in [1.54, 1.807) is 18.3 Å². The summed E-state index contributed by atoms with van der Waals surface area (Å²) >= 11 is 0. The van der Waals surface area contributed by atoms with Gasteiger partial charge in [0.25, 0.3) is 0 Å². The molecule has 0 spiro atoms. The molecule has 0 amide bonds. The van der Waals surface area contributed by atoms with Crippen LogP contribution in [0, 0.1) is 5.82 Å². The summed E-state index contributed by atoms with van der Waals surface area (Å²) in [5, 5.41) is 3.67. The van der Waals surface area contributed by atoms with Crippen LogP contribution in [0.15, 0.2) is 37.1 Å². The van der Waals surface area contributed by atoms with Crippen LogP contribution in [-0.2, 0) is 0 Å². The van der Waals surface area contributed by atoms with Gasteiger partial charge in [-0.2, -0.15) is 0 Å². The fourth-order valence-electron chi connectivity index (χ4n) is 1.58. The van der Waals surface area contributed by atoms with E-state index in [0.717, 1.165) is 5.39 Å². The first-order chi connectivity index (χ1) is 7.74. The Bertz CT molecular complexity index is 537. The lowest BCUT2D eigenvalue weighted by Crippen LogP contribution is -2.03. The van der Waals surface area contributed by atoms with Gasteiger partial charge in [-0.1, -0.05) is 6.08 Å². The predicted molar refractivity (Wildman–Crippen MR) is 64.8 cm³/mol. The van der Waals surface area contributed by atoms with E-state index in [-0.39, 0.29) is 0 Å². The van der Waals surface area contributed by atoms with Crippen LogP contribution in [0.2, 0.25) is 0 Å². The van der Waals surface area contributed by atoms with Gasteiger partial charge in [0, 0.05) is 23.8 Å². The van der Waals surface area contributed by atoms with Crippen LogP contribution < -0.4 is 11.1 Å². The third-order valence-electron chi connectivity index (χ3n) is 2.30. The molecule has 0 bridgehead atoms. The van der Waals surface area contributed by atoms with Crippen LogP contribution in [0.1, 0.15) is 0 Å². The van der Waals surface area contributed by atoms with Gasteiger partial charge in [-0.25, -0.2) is 4.39 Å². The first-order valence-corrected chi connectivity index (χ1v) is 4.91. The predicted octanol–water partition coefficient (Wildman–Crippen LogP) is 2.55. The zero-order chi connectivity index (χ0) is 11.5. The summed E-state index contributed by atoms with van der Waals surface area (Å²) in [4.78, 5) is 4.14. The maximum atomic E-state index is 13.7. The Morgan fingerprint density at radius 3 is 3.12 bits per heavy atom. The summed E-state index contributed by atoms with van der Waals surface area (Å²) in [6, 6.07) is 4.89. The number of hydrogen-bond acceptors (Lipinski definition) is 3. The van der Waals surface area contributed by atoms with E-state index >= 15 is 0 Å². The van der Waals surface area contributed by atoms with Crippen LogP contribution in [0.4, 0.5) is 15.8 Å². The number of fused-ring (bicyclic) bond motifs is 1. The second-order valence-electron chi connectivity index (χ2n) is 3.39. The fraction of sp³-hybridized carbons (Fsp3) is 0.0833. The highest BCUT2D eigenvalue weighted by Gasteiger charge is 2.10. The summed E-state index contributed by atoms with van der Waals surface area (Å²) in [6.45, 7) is 4.05. The number of pyridine rings is 1. The monoisotopic (exact) mass is 217 g/mol. The zero-order valence-electron chi connectivity index (χ0n) is 8.70. The molecule has 3 nitrogen and oxygen atoms in total. The molecule has 1 aromatic carbocycles. The van der Waals surface area contributed by atoms with E-state index in [9.17, 15) is 4.39 Å². The van der Waals surface area contributed by atoms with Gasteiger partial charge in [-0.15, -0.1) is 6.58 Å². The van der Waals surface area contributed by atoms with Crippen molar-refractivity contribution in [3.05, 3.63) is 42.9 Å². The highest BCUT2D eigenvalue weighted by atomic mass is 19.1. The number of halogens is 1. The van der Waals surface area contributed by atoms with Crippen molar-refractivity contribution >= 4 is 22.3 Å². The van der Waals surface area contributed by atoms with Crippen molar-refractivity contribution in [2.75, 3.05) is 17.6 Å². The highest BCUT2D eigenvalue weighted by molar-refractivity contribution is 5.98. The van der Waals surface area contributed by atoms with Crippen molar-refractivity contribution < 1.29 is 4.39 Å². The largest absolute Gasteiger partial charge is 0.398 e. The van der Waals surface area contributed by atoms with Gasteiger partial charge < -0.3 is 11.1 Å². The number of aromatic nitrogens is 1. The molecule has 2 rings (SSSR count). The molecule has 1 aromatic heterocycles. The Labute approximate surface area is 92.8 Å².